The summed E-state index contributed by atoms with van der Waals surface area (Å²) in [7, 11) is 6.89. The number of carbonyl (C=O) groups is 3. The zero-order chi connectivity index (χ0) is 29.0. The molecule has 6 N–H and O–H groups in total. The summed E-state index contributed by atoms with van der Waals surface area (Å²) < 4.78 is 0. The van der Waals surface area contributed by atoms with Crippen molar-refractivity contribution in [2.45, 2.75) is 63.5 Å². The number of amides is 1. The minimum Gasteiger partial charge on any atom is -0.508 e. The first kappa shape index (κ1) is 28.6. The van der Waals surface area contributed by atoms with Crippen LogP contribution in [0.4, 0.5) is 5.69 Å². The molecule has 39 heavy (non-hydrogen) atoms. The van der Waals surface area contributed by atoms with E-state index in [4.69, 9.17) is 5.73 Å². The number of nitrogens with zero attached hydrogens (tertiary/aromatic N) is 2. The van der Waals surface area contributed by atoms with Crippen molar-refractivity contribution in [1.29, 1.82) is 0 Å². The molecule has 0 heterocycles. The van der Waals surface area contributed by atoms with Gasteiger partial charge in [0.15, 0.2) is 11.4 Å². The smallest absolute Gasteiger partial charge is 0.255 e. The lowest BCUT2D eigenvalue weighted by molar-refractivity contribution is -0.153. The molecule has 0 bridgehead atoms. The predicted molar refractivity (Wildman–Crippen MR) is 146 cm³/mol. The van der Waals surface area contributed by atoms with Crippen LogP contribution in [-0.4, -0.2) is 82.6 Å². The van der Waals surface area contributed by atoms with Crippen molar-refractivity contribution in [3.63, 3.8) is 0 Å². The highest BCUT2D eigenvalue weighted by Gasteiger charge is 2.64. The van der Waals surface area contributed by atoms with Gasteiger partial charge >= 0.3 is 0 Å². The Hall–Kier alpha value is -3.37. The lowest BCUT2D eigenvalue weighted by atomic mass is 9.57. The Labute approximate surface area is 228 Å². The average Bonchev–Trinajstić information content (AvgIpc) is 2.84. The number of unbranched alkanes of at least 4 members (excludes halogenated alkanes) is 3. The summed E-state index contributed by atoms with van der Waals surface area (Å²) in [6.07, 6.45) is 4.90. The molecule has 0 radical (unpaired) electrons. The summed E-state index contributed by atoms with van der Waals surface area (Å²) in [4.78, 5) is 42.7. The van der Waals surface area contributed by atoms with Crippen LogP contribution in [0.2, 0.25) is 0 Å². The van der Waals surface area contributed by atoms with Gasteiger partial charge in [0.05, 0.1) is 11.6 Å². The topological polar surface area (TPSA) is 165 Å². The van der Waals surface area contributed by atoms with E-state index < -0.39 is 58.0 Å². The Morgan fingerprint density at radius 3 is 2.33 bits per heavy atom. The molecule has 0 saturated heterocycles. The second kappa shape index (κ2) is 10.3. The third kappa shape index (κ3) is 4.30. The maximum atomic E-state index is 14.0. The number of aliphatic hydroxyl groups excluding tert-OH is 2. The van der Waals surface area contributed by atoms with Gasteiger partial charge in [-0.3, -0.25) is 19.3 Å². The van der Waals surface area contributed by atoms with E-state index in [0.29, 0.717) is 17.5 Å². The Morgan fingerprint density at radius 2 is 1.77 bits per heavy atom. The van der Waals surface area contributed by atoms with Gasteiger partial charge in [-0.1, -0.05) is 26.2 Å². The quantitative estimate of drug-likeness (QED) is 0.245. The Morgan fingerprint density at radius 1 is 1.10 bits per heavy atom. The third-order valence-corrected chi connectivity index (χ3v) is 8.56. The Kier molecular flexibility index (Phi) is 7.57. The van der Waals surface area contributed by atoms with Crippen molar-refractivity contribution in [2.24, 2.45) is 17.6 Å². The van der Waals surface area contributed by atoms with Gasteiger partial charge in [0.2, 0.25) is 5.78 Å². The van der Waals surface area contributed by atoms with Gasteiger partial charge in [-0.15, -0.1) is 0 Å². The van der Waals surface area contributed by atoms with Crippen molar-refractivity contribution in [3.05, 3.63) is 39.7 Å². The molecule has 1 saturated carbocycles. The molecule has 10 heteroatoms. The Bertz CT molecular complexity index is 1300. The number of carbonyl (C=O) groups excluding carboxylic acids is 3. The van der Waals surface area contributed by atoms with Gasteiger partial charge in [0, 0.05) is 31.3 Å². The van der Waals surface area contributed by atoms with Crippen LogP contribution in [0.1, 0.15) is 55.7 Å². The van der Waals surface area contributed by atoms with Crippen molar-refractivity contribution in [1.82, 2.24) is 4.90 Å². The summed E-state index contributed by atoms with van der Waals surface area (Å²) in [6.45, 7) is 2.11. The minimum absolute atomic E-state index is 0.0676. The van der Waals surface area contributed by atoms with Crippen LogP contribution in [0, 0.1) is 11.8 Å². The number of hydrogen-bond donors (Lipinski definition) is 5. The molecule has 1 aromatic carbocycles. The van der Waals surface area contributed by atoms with Gasteiger partial charge in [-0.05, 0) is 62.9 Å². The number of aliphatic hydroxyl groups is 3. The molecule has 1 fully saturated rings. The van der Waals surface area contributed by atoms with Gasteiger partial charge in [0.1, 0.15) is 22.8 Å². The van der Waals surface area contributed by atoms with Crippen LogP contribution < -0.4 is 10.6 Å². The first-order chi connectivity index (χ1) is 18.3. The van der Waals surface area contributed by atoms with Crippen LogP contribution in [-0.2, 0) is 27.2 Å². The number of nitrogens with two attached hydrogens (primary N) is 1. The molecule has 1 aromatic rings. The number of phenols is 1. The number of ketones is 2. The van der Waals surface area contributed by atoms with Crippen molar-refractivity contribution in [3.8, 4) is 5.75 Å². The van der Waals surface area contributed by atoms with E-state index in [1.165, 1.54) is 4.90 Å². The fourth-order valence-corrected chi connectivity index (χ4v) is 6.68. The number of phenolic OH excluding ortho intramolecular Hbond substituents is 1. The second-order valence-electron chi connectivity index (χ2n) is 11.4. The summed E-state index contributed by atoms with van der Waals surface area (Å²) in [5, 5.41) is 45.6. The van der Waals surface area contributed by atoms with E-state index in [0.717, 1.165) is 31.4 Å². The largest absolute Gasteiger partial charge is 0.508 e. The minimum atomic E-state index is -2.64. The standard InChI is InChI=1S/C29H39N3O7/c1-6-7-8-9-10-14-13-18(31(2)3)16-11-15-12-17-22(32(4)5)25(35)21(28(30)38)27(37)29(17,39)26(36)19(15)24(34)20(16)23(14)33/h13,15,17,22,33-34,37,39H,6-12H2,1-5H3,(H2,30,38)/t15-,17-,22-,29-/m1/s1. The van der Waals surface area contributed by atoms with Crippen LogP contribution in [0.25, 0.3) is 5.76 Å². The lowest BCUT2D eigenvalue weighted by Crippen LogP contribution is -2.65. The van der Waals surface area contributed by atoms with Gasteiger partial charge in [0.25, 0.3) is 5.91 Å². The van der Waals surface area contributed by atoms with Crippen LogP contribution in [0.5, 0.6) is 5.75 Å². The van der Waals surface area contributed by atoms with Crippen molar-refractivity contribution in [2.75, 3.05) is 33.1 Å². The van der Waals surface area contributed by atoms with Gasteiger partial charge in [-0.2, -0.15) is 0 Å². The molecule has 4 rings (SSSR count). The molecule has 212 valence electrons. The fourth-order valence-electron chi connectivity index (χ4n) is 6.68. The molecule has 10 nitrogen and oxygen atoms in total. The Balaban J connectivity index is 1.92. The number of primary amides is 1. The number of fused-ring (bicyclic) bond motifs is 3. The molecule has 1 amide bonds. The number of aryl methyl sites for hydroxylation is 1. The molecule has 3 aliphatic rings. The molecule has 0 unspecified atom stereocenters. The molecule has 4 atom stereocenters. The second-order valence-corrected chi connectivity index (χ2v) is 11.4. The summed E-state index contributed by atoms with van der Waals surface area (Å²) in [5.74, 6) is -6.35. The number of aromatic hydroxyl groups is 1. The van der Waals surface area contributed by atoms with E-state index in [-0.39, 0.29) is 29.7 Å². The van der Waals surface area contributed by atoms with E-state index >= 15 is 0 Å². The maximum Gasteiger partial charge on any atom is 0.255 e. The highest BCUT2D eigenvalue weighted by molar-refractivity contribution is 6.24. The van der Waals surface area contributed by atoms with E-state index in [1.807, 2.05) is 25.1 Å². The zero-order valence-corrected chi connectivity index (χ0v) is 23.2. The molecule has 0 aromatic heterocycles. The number of benzene rings is 1. The van der Waals surface area contributed by atoms with E-state index in [1.54, 1.807) is 14.1 Å². The first-order valence-electron chi connectivity index (χ1n) is 13.5. The number of Topliss-reactive ketones (excluding diaryl/α,β-unsaturated/α-hetero) is 2. The predicted octanol–water partition coefficient (Wildman–Crippen LogP) is 2.15. The summed E-state index contributed by atoms with van der Waals surface area (Å²) >= 11 is 0. The molecular formula is C29H39N3O7. The highest BCUT2D eigenvalue weighted by atomic mass is 16.3. The van der Waals surface area contributed by atoms with Crippen LogP contribution >= 0.6 is 0 Å². The number of likely N-dealkylation sites (N-methyl/N-ethyl adjacent to an activating group) is 1. The van der Waals surface area contributed by atoms with Gasteiger partial charge in [-0.25, -0.2) is 0 Å². The number of anilines is 1. The molecule has 0 spiro atoms. The summed E-state index contributed by atoms with van der Waals surface area (Å²) in [5.41, 5.74) is 4.05. The zero-order valence-electron chi connectivity index (χ0n) is 23.2. The SMILES string of the molecule is CCCCCCc1cc(N(C)C)c2c(c1O)C(O)=C1C(=O)[C@@]3(O)C(O)=C(C(N)=O)C(=O)[C@H](N(C)C)[C@H]3C[C@H]1C2. The maximum absolute atomic E-state index is 14.0. The van der Waals surface area contributed by atoms with Gasteiger partial charge < -0.3 is 31.1 Å². The van der Waals surface area contributed by atoms with Crippen LogP contribution in [0.3, 0.4) is 0 Å². The van der Waals surface area contributed by atoms with E-state index in [9.17, 15) is 34.8 Å². The molecule has 0 aliphatic heterocycles. The summed E-state index contributed by atoms with van der Waals surface area (Å²) in [6, 6.07) is 0.814. The average molecular weight is 542 g/mol. The fraction of sp³-hybridized carbons (Fsp3) is 0.552. The van der Waals surface area contributed by atoms with Crippen LogP contribution in [0.15, 0.2) is 23.0 Å². The first-order valence-corrected chi connectivity index (χ1v) is 13.5. The normalized spacial score (nSPS) is 26.5. The third-order valence-electron chi connectivity index (χ3n) is 8.56. The monoisotopic (exact) mass is 541 g/mol. The van der Waals surface area contributed by atoms with Crippen molar-refractivity contribution >= 4 is 28.9 Å². The van der Waals surface area contributed by atoms with Crippen molar-refractivity contribution < 1.29 is 34.8 Å². The highest BCUT2D eigenvalue weighted by Crippen LogP contribution is 2.54. The number of hydrogen-bond acceptors (Lipinski definition) is 9. The lowest BCUT2D eigenvalue weighted by Gasteiger charge is -2.50. The number of rotatable bonds is 8. The van der Waals surface area contributed by atoms with E-state index in [2.05, 4.69) is 6.92 Å². The molecule has 3 aliphatic carbocycles. The molecular weight excluding hydrogens is 502 g/mol.